The van der Waals surface area contributed by atoms with Crippen LogP contribution in [0.25, 0.3) is 0 Å². The normalized spacial score (nSPS) is 24.7. The fraction of sp³-hybridized carbons (Fsp3) is 0.619. The zero-order valence-electron chi connectivity index (χ0n) is 16.8. The van der Waals surface area contributed by atoms with Gasteiger partial charge in [-0.3, -0.25) is 4.79 Å². The number of aliphatic hydroxyl groups is 1. The standard InChI is InChI=1S/C21H30ClN3O3/c1-20(2,3)13-18-21(14-23,15-4-6-16(22)7-5-15)12-17(25-18)19(27)24-8-10-28-11-9-26/h4-7,17-18,25-26H,8-13H2,1-3H3,(H,24,27). The Bertz CT molecular complexity index is 696. The lowest BCUT2D eigenvalue weighted by atomic mass is 9.70. The van der Waals surface area contributed by atoms with E-state index < -0.39 is 11.5 Å². The molecule has 7 heteroatoms. The van der Waals surface area contributed by atoms with Gasteiger partial charge in [0.05, 0.1) is 37.3 Å². The summed E-state index contributed by atoms with van der Waals surface area (Å²) in [7, 11) is 0. The first-order valence-electron chi connectivity index (χ1n) is 9.61. The monoisotopic (exact) mass is 407 g/mol. The number of hydrogen-bond acceptors (Lipinski definition) is 5. The number of nitriles is 1. The Kier molecular flexibility index (Phi) is 7.85. The minimum atomic E-state index is -0.798. The Hall–Kier alpha value is -1.65. The summed E-state index contributed by atoms with van der Waals surface area (Å²) < 4.78 is 5.18. The van der Waals surface area contributed by atoms with Crippen molar-refractivity contribution in [2.45, 2.75) is 51.1 Å². The van der Waals surface area contributed by atoms with Gasteiger partial charge in [0.25, 0.3) is 0 Å². The maximum absolute atomic E-state index is 12.7. The molecule has 1 aromatic carbocycles. The third-order valence-electron chi connectivity index (χ3n) is 5.00. The van der Waals surface area contributed by atoms with Crippen molar-refractivity contribution in [3.05, 3.63) is 34.9 Å². The first-order chi connectivity index (χ1) is 13.2. The predicted octanol–water partition coefficient (Wildman–Crippen LogP) is 2.39. The maximum Gasteiger partial charge on any atom is 0.237 e. The molecule has 0 bridgehead atoms. The van der Waals surface area contributed by atoms with E-state index in [4.69, 9.17) is 21.4 Å². The van der Waals surface area contributed by atoms with Crippen LogP contribution in [0, 0.1) is 16.7 Å². The average Bonchev–Trinajstić information content (AvgIpc) is 3.00. The third-order valence-corrected chi connectivity index (χ3v) is 5.25. The smallest absolute Gasteiger partial charge is 0.237 e. The van der Waals surface area contributed by atoms with Gasteiger partial charge >= 0.3 is 0 Å². The fourth-order valence-corrected chi connectivity index (χ4v) is 3.84. The third kappa shape index (κ3) is 5.68. The Labute approximate surface area is 172 Å². The van der Waals surface area contributed by atoms with E-state index in [0.29, 0.717) is 24.6 Å². The number of ether oxygens (including phenoxy) is 1. The van der Waals surface area contributed by atoms with Crippen LogP contribution in [0.5, 0.6) is 0 Å². The lowest BCUT2D eigenvalue weighted by Crippen LogP contribution is -2.46. The molecular weight excluding hydrogens is 378 g/mol. The van der Waals surface area contributed by atoms with Gasteiger partial charge in [-0.15, -0.1) is 0 Å². The van der Waals surface area contributed by atoms with Crippen molar-refractivity contribution >= 4 is 17.5 Å². The first kappa shape index (κ1) is 22.6. The predicted molar refractivity (Wildman–Crippen MR) is 109 cm³/mol. The number of rotatable bonds is 8. The molecule has 0 radical (unpaired) electrons. The number of carbonyl (C=O) groups is 1. The van der Waals surface area contributed by atoms with Crippen LogP contribution < -0.4 is 10.6 Å². The molecule has 1 aliphatic heterocycles. The molecule has 6 nitrogen and oxygen atoms in total. The van der Waals surface area contributed by atoms with E-state index in [1.807, 2.05) is 12.1 Å². The first-order valence-corrected chi connectivity index (χ1v) is 9.99. The Morgan fingerprint density at radius 3 is 2.64 bits per heavy atom. The van der Waals surface area contributed by atoms with E-state index in [1.54, 1.807) is 12.1 Å². The highest BCUT2D eigenvalue weighted by molar-refractivity contribution is 6.30. The lowest BCUT2D eigenvalue weighted by molar-refractivity contribution is -0.123. The molecular formula is C21H30ClN3O3. The van der Waals surface area contributed by atoms with Crippen LogP contribution >= 0.6 is 11.6 Å². The van der Waals surface area contributed by atoms with Crippen molar-refractivity contribution in [1.29, 1.82) is 5.26 Å². The summed E-state index contributed by atoms with van der Waals surface area (Å²) in [6.07, 6.45) is 1.15. The molecule has 28 heavy (non-hydrogen) atoms. The van der Waals surface area contributed by atoms with E-state index in [1.165, 1.54) is 0 Å². The van der Waals surface area contributed by atoms with Crippen LogP contribution in [-0.4, -0.2) is 49.5 Å². The van der Waals surface area contributed by atoms with E-state index in [0.717, 1.165) is 12.0 Å². The van der Waals surface area contributed by atoms with Gasteiger partial charge in [0.1, 0.15) is 0 Å². The molecule has 1 amide bonds. The minimum absolute atomic E-state index is 0.00427. The lowest BCUT2D eigenvalue weighted by Gasteiger charge is -2.33. The summed E-state index contributed by atoms with van der Waals surface area (Å²) in [4.78, 5) is 12.7. The summed E-state index contributed by atoms with van der Waals surface area (Å²) in [6, 6.07) is 9.24. The van der Waals surface area contributed by atoms with Crippen LogP contribution in [0.3, 0.4) is 0 Å². The molecule has 1 saturated heterocycles. The molecule has 0 aromatic heterocycles. The van der Waals surface area contributed by atoms with Crippen molar-refractivity contribution in [3.63, 3.8) is 0 Å². The van der Waals surface area contributed by atoms with Gasteiger partial charge in [0, 0.05) is 17.6 Å². The van der Waals surface area contributed by atoms with E-state index in [9.17, 15) is 10.1 Å². The number of amides is 1. The van der Waals surface area contributed by atoms with Gasteiger partial charge in [0.2, 0.25) is 5.91 Å². The van der Waals surface area contributed by atoms with Crippen molar-refractivity contribution in [2.75, 3.05) is 26.4 Å². The van der Waals surface area contributed by atoms with Gasteiger partial charge in [-0.1, -0.05) is 44.5 Å². The topological polar surface area (TPSA) is 94.4 Å². The minimum Gasteiger partial charge on any atom is -0.394 e. The summed E-state index contributed by atoms with van der Waals surface area (Å²) in [5.74, 6) is -0.141. The number of benzene rings is 1. The van der Waals surface area contributed by atoms with Crippen molar-refractivity contribution in [3.8, 4) is 6.07 Å². The number of halogens is 1. The van der Waals surface area contributed by atoms with Crippen molar-refractivity contribution < 1.29 is 14.6 Å². The molecule has 0 aliphatic carbocycles. The summed E-state index contributed by atoms with van der Waals surface area (Å²) in [5.41, 5.74) is 0.0749. The van der Waals surface area contributed by atoms with Gasteiger partial charge in [-0.2, -0.15) is 5.26 Å². The highest BCUT2D eigenvalue weighted by atomic mass is 35.5. The molecule has 3 unspecified atom stereocenters. The second-order valence-electron chi connectivity index (χ2n) is 8.46. The molecule has 1 aromatic rings. The summed E-state index contributed by atoms with van der Waals surface area (Å²) >= 11 is 6.03. The van der Waals surface area contributed by atoms with E-state index in [-0.39, 0.29) is 30.6 Å². The highest BCUT2D eigenvalue weighted by Gasteiger charge is 2.51. The SMILES string of the molecule is CC(C)(C)CC1NC(C(=O)NCCOCCO)CC1(C#N)c1ccc(Cl)cc1. The Morgan fingerprint density at radius 1 is 1.39 bits per heavy atom. The second kappa shape index (κ2) is 9.71. The fourth-order valence-electron chi connectivity index (χ4n) is 3.71. The summed E-state index contributed by atoms with van der Waals surface area (Å²) in [5, 5.41) is 25.8. The molecule has 0 saturated carbocycles. The van der Waals surface area contributed by atoms with Crippen molar-refractivity contribution in [2.24, 2.45) is 5.41 Å². The van der Waals surface area contributed by atoms with Gasteiger partial charge in [0.15, 0.2) is 0 Å². The number of carbonyl (C=O) groups excluding carboxylic acids is 1. The summed E-state index contributed by atoms with van der Waals surface area (Å²) in [6.45, 7) is 7.30. The number of nitrogens with zero attached hydrogens (tertiary/aromatic N) is 1. The average molecular weight is 408 g/mol. The van der Waals surface area contributed by atoms with Gasteiger partial charge in [-0.05, 0) is 36.0 Å². The molecule has 1 aliphatic rings. The van der Waals surface area contributed by atoms with Crippen molar-refractivity contribution in [1.82, 2.24) is 10.6 Å². The Morgan fingerprint density at radius 2 is 2.07 bits per heavy atom. The Balaban J connectivity index is 2.18. The number of nitrogens with one attached hydrogen (secondary N) is 2. The van der Waals surface area contributed by atoms with Crippen LogP contribution in [-0.2, 0) is 14.9 Å². The second-order valence-corrected chi connectivity index (χ2v) is 8.89. The van der Waals surface area contributed by atoms with E-state index in [2.05, 4.69) is 37.5 Å². The molecule has 2 rings (SSSR count). The van der Waals surface area contributed by atoms with Crippen LogP contribution in [0.1, 0.15) is 39.2 Å². The zero-order chi connectivity index (χ0) is 20.8. The number of hydrogen-bond donors (Lipinski definition) is 3. The molecule has 1 heterocycles. The molecule has 1 fully saturated rings. The zero-order valence-corrected chi connectivity index (χ0v) is 17.6. The highest BCUT2D eigenvalue weighted by Crippen LogP contribution is 2.42. The van der Waals surface area contributed by atoms with Gasteiger partial charge in [-0.25, -0.2) is 0 Å². The quantitative estimate of drug-likeness (QED) is 0.575. The maximum atomic E-state index is 12.7. The van der Waals surface area contributed by atoms with E-state index >= 15 is 0 Å². The largest absolute Gasteiger partial charge is 0.394 e. The molecule has 0 spiro atoms. The molecule has 154 valence electrons. The van der Waals surface area contributed by atoms with Crippen LogP contribution in [0.2, 0.25) is 5.02 Å². The van der Waals surface area contributed by atoms with Crippen LogP contribution in [0.15, 0.2) is 24.3 Å². The molecule has 3 atom stereocenters. The van der Waals surface area contributed by atoms with Crippen LogP contribution in [0.4, 0.5) is 0 Å². The molecule has 3 N–H and O–H groups in total. The number of aliphatic hydroxyl groups excluding tert-OH is 1. The van der Waals surface area contributed by atoms with Gasteiger partial charge < -0.3 is 20.5 Å².